The third kappa shape index (κ3) is 5.13. The molecular weight excluding hydrogens is 342 g/mol. The molecule has 0 aliphatic heterocycles. The molecule has 0 amide bonds. The number of aliphatic carboxylic acids is 1. The zero-order chi connectivity index (χ0) is 19.1. The highest BCUT2D eigenvalue weighted by Gasteiger charge is 2.36. The number of nitrogens with one attached hydrogen (secondary N) is 1. The number of carbonyl (C=O) groups is 1. The number of rotatable bonds is 10. The van der Waals surface area contributed by atoms with Gasteiger partial charge < -0.3 is 29.9 Å². The van der Waals surface area contributed by atoms with Gasteiger partial charge >= 0.3 is 5.97 Å². The molecule has 0 aliphatic rings. The van der Waals surface area contributed by atoms with Crippen LogP contribution in [0, 0.1) is 0 Å². The molecule has 0 radical (unpaired) electrons. The standard InChI is InChI=1S/C18H23NO7/c20-10-13(21)16(22)17(23)15(14-7-4-8-26-14)19-12(18(24)25)9-11-5-2-1-3-6-11/h1-8,12-13,15-17,19-23H,9-10H2,(H,24,25)/t12-,13?,15?,16?,17?/m0/s1. The second-order valence-electron chi connectivity index (χ2n) is 5.97. The smallest absolute Gasteiger partial charge is 0.321 e. The molecule has 142 valence electrons. The van der Waals surface area contributed by atoms with Crippen LogP contribution in [0.4, 0.5) is 0 Å². The predicted molar refractivity (Wildman–Crippen MR) is 91.3 cm³/mol. The maximum absolute atomic E-state index is 11.7. The Kier molecular flexibility index (Phi) is 7.31. The number of hydrogen-bond donors (Lipinski definition) is 6. The molecule has 26 heavy (non-hydrogen) atoms. The lowest BCUT2D eigenvalue weighted by Crippen LogP contribution is -2.50. The van der Waals surface area contributed by atoms with Crippen molar-refractivity contribution in [1.82, 2.24) is 5.32 Å². The van der Waals surface area contributed by atoms with Crippen LogP contribution in [0.2, 0.25) is 0 Å². The van der Waals surface area contributed by atoms with Gasteiger partial charge in [-0.3, -0.25) is 10.1 Å². The Morgan fingerprint density at radius 2 is 1.73 bits per heavy atom. The lowest BCUT2D eigenvalue weighted by atomic mass is 9.97. The van der Waals surface area contributed by atoms with Gasteiger partial charge in [-0.2, -0.15) is 0 Å². The van der Waals surface area contributed by atoms with Gasteiger partial charge in [0.25, 0.3) is 0 Å². The van der Waals surface area contributed by atoms with Gasteiger partial charge in [0.15, 0.2) is 0 Å². The third-order valence-electron chi connectivity index (χ3n) is 4.08. The van der Waals surface area contributed by atoms with E-state index in [1.807, 2.05) is 6.07 Å². The Bertz CT molecular complexity index is 661. The van der Waals surface area contributed by atoms with E-state index in [9.17, 15) is 25.2 Å². The number of furan rings is 1. The summed E-state index contributed by atoms with van der Waals surface area (Å²) in [4.78, 5) is 11.7. The summed E-state index contributed by atoms with van der Waals surface area (Å²) in [5.74, 6) is -0.948. The SMILES string of the molecule is O=C(O)[C@H](Cc1ccccc1)NC(c1ccco1)C(O)C(O)C(O)CO. The summed E-state index contributed by atoms with van der Waals surface area (Å²) >= 11 is 0. The molecule has 8 heteroatoms. The highest BCUT2D eigenvalue weighted by atomic mass is 16.4. The molecule has 0 aliphatic carbocycles. The van der Waals surface area contributed by atoms with Crippen LogP contribution in [-0.4, -0.2) is 62.5 Å². The molecule has 0 fully saturated rings. The van der Waals surface area contributed by atoms with Gasteiger partial charge in [0.05, 0.1) is 18.9 Å². The van der Waals surface area contributed by atoms with Gasteiger partial charge in [0, 0.05) is 0 Å². The lowest BCUT2D eigenvalue weighted by molar-refractivity contribution is -0.140. The molecule has 0 saturated heterocycles. The van der Waals surface area contributed by atoms with Crippen molar-refractivity contribution in [3.8, 4) is 0 Å². The van der Waals surface area contributed by atoms with Crippen LogP contribution >= 0.6 is 0 Å². The number of aliphatic hydroxyl groups is 4. The second-order valence-corrected chi connectivity index (χ2v) is 5.97. The van der Waals surface area contributed by atoms with Crippen LogP contribution in [0.15, 0.2) is 53.1 Å². The summed E-state index contributed by atoms with van der Waals surface area (Å²) in [5.41, 5.74) is 0.774. The van der Waals surface area contributed by atoms with E-state index in [4.69, 9.17) is 9.52 Å². The fraction of sp³-hybridized carbons (Fsp3) is 0.389. The quantitative estimate of drug-likeness (QED) is 0.336. The Labute approximate surface area is 150 Å². The molecular formula is C18H23NO7. The number of carboxylic acids is 1. The van der Waals surface area contributed by atoms with Crippen molar-refractivity contribution in [2.75, 3.05) is 6.61 Å². The Morgan fingerprint density at radius 3 is 2.27 bits per heavy atom. The molecule has 1 heterocycles. The van der Waals surface area contributed by atoms with E-state index >= 15 is 0 Å². The summed E-state index contributed by atoms with van der Waals surface area (Å²) in [6, 6.07) is 9.82. The summed E-state index contributed by atoms with van der Waals surface area (Å²) in [6.45, 7) is -0.754. The molecule has 0 bridgehead atoms. The minimum atomic E-state index is -1.70. The summed E-state index contributed by atoms with van der Waals surface area (Å²) in [5, 5.41) is 51.3. The molecule has 0 spiro atoms. The van der Waals surface area contributed by atoms with Crippen LogP contribution in [0.1, 0.15) is 17.4 Å². The van der Waals surface area contributed by atoms with Crippen molar-refractivity contribution in [2.45, 2.75) is 36.8 Å². The summed E-state index contributed by atoms with van der Waals surface area (Å²) in [7, 11) is 0. The van der Waals surface area contributed by atoms with E-state index in [-0.39, 0.29) is 12.2 Å². The van der Waals surface area contributed by atoms with Crippen LogP contribution in [0.3, 0.4) is 0 Å². The Balaban J connectivity index is 2.22. The molecule has 6 N–H and O–H groups in total. The first kappa shape index (κ1) is 20.1. The van der Waals surface area contributed by atoms with Gasteiger partial charge in [-0.05, 0) is 24.1 Å². The highest BCUT2D eigenvalue weighted by Crippen LogP contribution is 2.23. The molecule has 8 nitrogen and oxygen atoms in total. The molecule has 2 rings (SSSR count). The van der Waals surface area contributed by atoms with Gasteiger partial charge in [-0.1, -0.05) is 30.3 Å². The fourth-order valence-corrected chi connectivity index (χ4v) is 2.63. The topological polar surface area (TPSA) is 143 Å². The average molecular weight is 365 g/mol. The van der Waals surface area contributed by atoms with Gasteiger partial charge in [0.2, 0.25) is 0 Å². The maximum atomic E-state index is 11.7. The first-order chi connectivity index (χ1) is 12.4. The minimum Gasteiger partial charge on any atom is -0.480 e. The third-order valence-corrected chi connectivity index (χ3v) is 4.08. The zero-order valence-electron chi connectivity index (χ0n) is 14.0. The normalized spacial score (nSPS) is 17.2. The van der Waals surface area contributed by atoms with Crippen LogP contribution in [-0.2, 0) is 11.2 Å². The van der Waals surface area contributed by atoms with E-state index in [1.54, 1.807) is 30.3 Å². The van der Waals surface area contributed by atoms with E-state index in [2.05, 4.69) is 5.32 Å². The molecule has 0 saturated carbocycles. The van der Waals surface area contributed by atoms with E-state index in [0.29, 0.717) is 0 Å². The first-order valence-electron chi connectivity index (χ1n) is 8.15. The van der Waals surface area contributed by atoms with Crippen LogP contribution in [0.5, 0.6) is 0 Å². The van der Waals surface area contributed by atoms with E-state index in [0.717, 1.165) is 5.56 Å². The lowest BCUT2D eigenvalue weighted by Gasteiger charge is -2.30. The van der Waals surface area contributed by atoms with Gasteiger partial charge in [0.1, 0.15) is 30.1 Å². The fourth-order valence-electron chi connectivity index (χ4n) is 2.63. The second kappa shape index (κ2) is 9.46. The van der Waals surface area contributed by atoms with Crippen molar-refractivity contribution < 1.29 is 34.7 Å². The number of aliphatic hydroxyl groups excluding tert-OH is 4. The number of hydrogen-bond acceptors (Lipinski definition) is 7. The van der Waals surface area contributed by atoms with E-state index < -0.39 is 43.0 Å². The van der Waals surface area contributed by atoms with Crippen molar-refractivity contribution in [2.24, 2.45) is 0 Å². The average Bonchev–Trinajstić information content (AvgIpc) is 3.18. The number of benzene rings is 1. The zero-order valence-corrected chi connectivity index (χ0v) is 14.0. The van der Waals surface area contributed by atoms with Crippen molar-refractivity contribution in [3.63, 3.8) is 0 Å². The summed E-state index contributed by atoms with van der Waals surface area (Å²) in [6.07, 6.45) is -3.41. The largest absolute Gasteiger partial charge is 0.480 e. The first-order valence-corrected chi connectivity index (χ1v) is 8.15. The van der Waals surface area contributed by atoms with Gasteiger partial charge in [-0.25, -0.2) is 0 Å². The van der Waals surface area contributed by atoms with Crippen LogP contribution < -0.4 is 5.32 Å². The highest BCUT2D eigenvalue weighted by molar-refractivity contribution is 5.74. The molecule has 1 aromatic heterocycles. The molecule has 2 aromatic rings. The summed E-state index contributed by atoms with van der Waals surface area (Å²) < 4.78 is 5.24. The molecule has 4 unspecified atom stereocenters. The van der Waals surface area contributed by atoms with Crippen molar-refractivity contribution in [3.05, 3.63) is 60.1 Å². The maximum Gasteiger partial charge on any atom is 0.321 e. The van der Waals surface area contributed by atoms with Crippen LogP contribution in [0.25, 0.3) is 0 Å². The molecule has 5 atom stereocenters. The predicted octanol–water partition coefficient (Wildman–Crippen LogP) is -0.319. The van der Waals surface area contributed by atoms with Crippen molar-refractivity contribution >= 4 is 5.97 Å². The Morgan fingerprint density at radius 1 is 1.04 bits per heavy atom. The van der Waals surface area contributed by atoms with Crippen molar-refractivity contribution in [1.29, 1.82) is 0 Å². The monoisotopic (exact) mass is 365 g/mol. The van der Waals surface area contributed by atoms with Gasteiger partial charge in [-0.15, -0.1) is 0 Å². The Hall–Kier alpha value is -2.23. The minimum absolute atomic E-state index is 0.138. The number of carboxylic acid groups (broad SMARTS) is 1. The molecule has 1 aromatic carbocycles. The van der Waals surface area contributed by atoms with E-state index in [1.165, 1.54) is 12.3 Å².